The molecule has 1 fully saturated rings. The molecule has 1 aromatic rings. The maximum Gasteiger partial charge on any atom is 0.210 e. The van der Waals surface area contributed by atoms with Crippen LogP contribution < -0.4 is 5.32 Å². The Labute approximate surface area is 84.2 Å². The smallest absolute Gasteiger partial charge is 0.210 e. The summed E-state index contributed by atoms with van der Waals surface area (Å²) in [4.78, 5) is 3.83. The molecule has 0 bridgehead atoms. The van der Waals surface area contributed by atoms with Gasteiger partial charge >= 0.3 is 0 Å². The number of rotatable bonds is 4. The average molecular weight is 192 g/mol. The minimum absolute atomic E-state index is 0.0870. The molecule has 0 aromatic carbocycles. The Morgan fingerprint density at radius 1 is 1.57 bits per heavy atom. The van der Waals surface area contributed by atoms with E-state index in [4.69, 9.17) is 5.11 Å². The van der Waals surface area contributed by atoms with Gasteiger partial charge in [-0.25, -0.2) is 4.98 Å². The number of nitrogens with zero attached hydrogens (tertiary/aromatic N) is 1. The van der Waals surface area contributed by atoms with Gasteiger partial charge in [-0.3, -0.25) is 0 Å². The third-order valence-corrected chi connectivity index (χ3v) is 2.77. The summed E-state index contributed by atoms with van der Waals surface area (Å²) in [6, 6.07) is 4.12. The van der Waals surface area contributed by atoms with E-state index in [0.717, 1.165) is 18.0 Å². The molecule has 0 radical (unpaired) electrons. The Balaban J connectivity index is 1.82. The Morgan fingerprint density at radius 2 is 2.36 bits per heavy atom. The van der Waals surface area contributed by atoms with E-state index in [1.807, 2.05) is 6.07 Å². The number of pyridine rings is 1. The topological polar surface area (TPSA) is 45.1 Å². The minimum Gasteiger partial charge on any atom is -0.493 e. The lowest BCUT2D eigenvalue weighted by Gasteiger charge is -2.12. The van der Waals surface area contributed by atoms with Gasteiger partial charge in [-0.1, -0.05) is 6.07 Å². The van der Waals surface area contributed by atoms with Crippen molar-refractivity contribution in [1.82, 2.24) is 10.3 Å². The molecule has 2 N–H and O–H groups in total. The first-order valence-electron chi connectivity index (χ1n) is 5.13. The lowest BCUT2D eigenvalue weighted by molar-refractivity contribution is 0.451. The molecular weight excluding hydrogens is 176 g/mol. The van der Waals surface area contributed by atoms with Gasteiger partial charge in [0.05, 0.1) is 0 Å². The summed E-state index contributed by atoms with van der Waals surface area (Å²) in [6.45, 7) is 3.07. The maximum atomic E-state index is 9.00. The molecule has 1 atom stereocenters. The molecule has 2 rings (SSSR count). The highest BCUT2D eigenvalue weighted by Gasteiger charge is 2.27. The Morgan fingerprint density at radius 3 is 2.93 bits per heavy atom. The summed E-state index contributed by atoms with van der Waals surface area (Å²) in [5.41, 5.74) is 1.12. The maximum absolute atomic E-state index is 9.00. The van der Waals surface area contributed by atoms with Gasteiger partial charge in [0.25, 0.3) is 0 Å². The average Bonchev–Trinajstić information content (AvgIpc) is 3.00. The summed E-state index contributed by atoms with van der Waals surface area (Å²) >= 11 is 0. The second-order valence-electron chi connectivity index (χ2n) is 4.03. The Bertz CT molecular complexity index is 293. The number of hydrogen-bond acceptors (Lipinski definition) is 3. The lowest BCUT2D eigenvalue weighted by atomic mass is 10.2. The SMILES string of the molecule is CC(NCc1ccc(O)nc1)C1CC1. The van der Waals surface area contributed by atoms with E-state index >= 15 is 0 Å². The van der Waals surface area contributed by atoms with Gasteiger partial charge in [0.1, 0.15) is 0 Å². The molecule has 1 aromatic heterocycles. The Hall–Kier alpha value is -1.09. The predicted molar refractivity (Wildman–Crippen MR) is 54.9 cm³/mol. The number of aromatic nitrogens is 1. The van der Waals surface area contributed by atoms with Gasteiger partial charge in [0.2, 0.25) is 5.88 Å². The van der Waals surface area contributed by atoms with Crippen molar-refractivity contribution in [2.45, 2.75) is 32.4 Å². The van der Waals surface area contributed by atoms with E-state index in [1.54, 1.807) is 12.3 Å². The quantitative estimate of drug-likeness (QED) is 0.762. The fraction of sp³-hybridized carbons (Fsp3) is 0.545. The van der Waals surface area contributed by atoms with Gasteiger partial charge in [0, 0.05) is 24.8 Å². The fourth-order valence-electron chi connectivity index (χ4n) is 1.56. The van der Waals surface area contributed by atoms with Crippen LogP contribution in [0.5, 0.6) is 5.88 Å². The molecule has 1 aliphatic rings. The van der Waals surface area contributed by atoms with E-state index in [1.165, 1.54) is 12.8 Å². The van der Waals surface area contributed by atoms with Crippen molar-refractivity contribution in [3.63, 3.8) is 0 Å². The van der Waals surface area contributed by atoms with E-state index < -0.39 is 0 Å². The predicted octanol–water partition coefficient (Wildman–Crippen LogP) is 1.68. The highest BCUT2D eigenvalue weighted by atomic mass is 16.3. The molecule has 0 spiro atoms. The van der Waals surface area contributed by atoms with E-state index in [9.17, 15) is 0 Å². The van der Waals surface area contributed by atoms with Gasteiger partial charge in [-0.05, 0) is 31.2 Å². The van der Waals surface area contributed by atoms with Crippen LogP contribution in [0, 0.1) is 5.92 Å². The number of nitrogens with one attached hydrogen (secondary N) is 1. The molecule has 76 valence electrons. The van der Waals surface area contributed by atoms with Gasteiger partial charge in [-0.15, -0.1) is 0 Å². The largest absolute Gasteiger partial charge is 0.493 e. The van der Waals surface area contributed by atoms with Crippen molar-refractivity contribution >= 4 is 0 Å². The molecule has 3 heteroatoms. The second kappa shape index (κ2) is 3.96. The van der Waals surface area contributed by atoms with Gasteiger partial charge in [-0.2, -0.15) is 0 Å². The molecule has 0 saturated heterocycles. The molecule has 3 nitrogen and oxygen atoms in total. The van der Waals surface area contributed by atoms with E-state index in [-0.39, 0.29) is 5.88 Å². The van der Waals surface area contributed by atoms with Crippen molar-refractivity contribution in [3.05, 3.63) is 23.9 Å². The van der Waals surface area contributed by atoms with Crippen LogP contribution in [-0.4, -0.2) is 16.1 Å². The molecule has 1 unspecified atom stereocenters. The normalized spacial score (nSPS) is 18.1. The van der Waals surface area contributed by atoms with Crippen molar-refractivity contribution < 1.29 is 5.11 Å². The molecular formula is C11H16N2O. The highest BCUT2D eigenvalue weighted by Crippen LogP contribution is 2.32. The zero-order chi connectivity index (χ0) is 9.97. The number of aromatic hydroxyl groups is 1. The third-order valence-electron chi connectivity index (χ3n) is 2.77. The standard InChI is InChI=1S/C11H16N2O/c1-8(10-3-4-10)12-6-9-2-5-11(14)13-7-9/h2,5,7-8,10,12H,3-4,6H2,1H3,(H,13,14). The van der Waals surface area contributed by atoms with Crippen molar-refractivity contribution in [1.29, 1.82) is 0 Å². The van der Waals surface area contributed by atoms with Crippen LogP contribution in [0.15, 0.2) is 18.3 Å². The summed E-state index contributed by atoms with van der Waals surface area (Å²) < 4.78 is 0. The van der Waals surface area contributed by atoms with Crippen LogP contribution in [-0.2, 0) is 6.54 Å². The summed E-state index contributed by atoms with van der Waals surface area (Å²) in [5, 5.41) is 12.5. The highest BCUT2D eigenvalue weighted by molar-refractivity contribution is 5.16. The van der Waals surface area contributed by atoms with E-state index in [0.29, 0.717) is 6.04 Å². The first-order chi connectivity index (χ1) is 6.75. The third kappa shape index (κ3) is 2.45. The first kappa shape index (κ1) is 9.46. The molecule has 1 aliphatic carbocycles. The molecule has 1 heterocycles. The molecule has 0 amide bonds. The van der Waals surface area contributed by atoms with Crippen molar-refractivity contribution in [3.8, 4) is 5.88 Å². The van der Waals surface area contributed by atoms with Gasteiger partial charge < -0.3 is 10.4 Å². The van der Waals surface area contributed by atoms with Gasteiger partial charge in [0.15, 0.2) is 0 Å². The lowest BCUT2D eigenvalue weighted by Crippen LogP contribution is -2.27. The summed E-state index contributed by atoms with van der Waals surface area (Å²) in [5.74, 6) is 0.962. The molecule has 0 aliphatic heterocycles. The fourth-order valence-corrected chi connectivity index (χ4v) is 1.56. The van der Waals surface area contributed by atoms with Crippen LogP contribution in [0.2, 0.25) is 0 Å². The van der Waals surface area contributed by atoms with Crippen LogP contribution in [0.3, 0.4) is 0 Å². The zero-order valence-corrected chi connectivity index (χ0v) is 8.40. The van der Waals surface area contributed by atoms with E-state index in [2.05, 4.69) is 17.2 Å². The van der Waals surface area contributed by atoms with Crippen molar-refractivity contribution in [2.75, 3.05) is 0 Å². The summed E-state index contributed by atoms with van der Waals surface area (Å²) in [7, 11) is 0. The minimum atomic E-state index is 0.0870. The summed E-state index contributed by atoms with van der Waals surface area (Å²) in [6.07, 6.45) is 4.44. The molecule has 14 heavy (non-hydrogen) atoms. The van der Waals surface area contributed by atoms with Crippen LogP contribution in [0.1, 0.15) is 25.3 Å². The van der Waals surface area contributed by atoms with Crippen molar-refractivity contribution in [2.24, 2.45) is 5.92 Å². The number of hydrogen-bond donors (Lipinski definition) is 2. The zero-order valence-electron chi connectivity index (χ0n) is 8.40. The second-order valence-corrected chi connectivity index (χ2v) is 4.03. The Kier molecular flexibility index (Phi) is 2.68. The van der Waals surface area contributed by atoms with Crippen LogP contribution in [0.25, 0.3) is 0 Å². The van der Waals surface area contributed by atoms with Crippen LogP contribution in [0.4, 0.5) is 0 Å². The van der Waals surface area contributed by atoms with Crippen LogP contribution >= 0.6 is 0 Å². The monoisotopic (exact) mass is 192 g/mol. The first-order valence-corrected chi connectivity index (χ1v) is 5.13. The molecule has 1 saturated carbocycles.